The van der Waals surface area contributed by atoms with Crippen LogP contribution in [-0.2, 0) is 9.53 Å². The fraction of sp³-hybridized carbons (Fsp3) is 0.154. The summed E-state index contributed by atoms with van der Waals surface area (Å²) in [5.41, 5.74) is 5.34. The molecule has 1 aromatic heterocycles. The number of ether oxygens (including phenoxy) is 1. The minimum Gasteiger partial charge on any atom is -0.466 e. The molecule has 156 valence electrons. The van der Waals surface area contributed by atoms with Gasteiger partial charge in [-0.1, -0.05) is 54.6 Å². The molecule has 0 amide bonds. The largest absolute Gasteiger partial charge is 0.466 e. The van der Waals surface area contributed by atoms with Gasteiger partial charge in [-0.15, -0.1) is 0 Å². The number of esters is 1. The number of anilines is 1. The van der Waals surface area contributed by atoms with Crippen molar-refractivity contribution in [3.8, 4) is 22.4 Å². The number of para-hydroxylation sites is 1. The van der Waals surface area contributed by atoms with Gasteiger partial charge < -0.3 is 10.1 Å². The topological polar surface area (TPSA) is 51.2 Å². The van der Waals surface area contributed by atoms with Crippen molar-refractivity contribution >= 4 is 22.6 Å². The van der Waals surface area contributed by atoms with Crippen molar-refractivity contribution in [1.82, 2.24) is 4.98 Å². The van der Waals surface area contributed by atoms with Gasteiger partial charge in [0, 0.05) is 23.2 Å². The van der Waals surface area contributed by atoms with Crippen molar-refractivity contribution in [2.24, 2.45) is 0 Å². The molecule has 0 unspecified atom stereocenters. The van der Waals surface area contributed by atoms with Gasteiger partial charge in [0.25, 0.3) is 0 Å². The van der Waals surface area contributed by atoms with Crippen LogP contribution in [0.25, 0.3) is 33.3 Å². The number of nitrogens with zero attached hydrogens (tertiary/aromatic N) is 1. The third-order valence-electron chi connectivity index (χ3n) is 5.00. The first kappa shape index (κ1) is 20.5. The van der Waals surface area contributed by atoms with Gasteiger partial charge in [-0.2, -0.15) is 0 Å². The second-order valence-corrected chi connectivity index (χ2v) is 7.14. The Morgan fingerprint density at radius 1 is 0.935 bits per heavy atom. The fourth-order valence-electron chi connectivity index (χ4n) is 3.50. The minimum atomic E-state index is -0.253. The molecule has 0 saturated heterocycles. The highest BCUT2D eigenvalue weighted by Crippen LogP contribution is 2.30. The molecule has 0 aliphatic carbocycles. The van der Waals surface area contributed by atoms with Crippen LogP contribution >= 0.6 is 0 Å². The lowest BCUT2D eigenvalue weighted by molar-refractivity contribution is -0.142. The van der Waals surface area contributed by atoms with Crippen molar-refractivity contribution in [3.63, 3.8) is 0 Å². The molecule has 0 saturated carbocycles. The number of halogens is 1. The van der Waals surface area contributed by atoms with Crippen LogP contribution in [0.4, 0.5) is 10.1 Å². The van der Waals surface area contributed by atoms with Gasteiger partial charge in [0.15, 0.2) is 0 Å². The number of carbonyl (C=O) groups is 1. The standard InChI is InChI=1S/C26H23FN2O2/c1-2-31-26(30)14-15-28-25-17-24(29-23-9-4-3-8-22(23)25)19-12-10-18(11-13-19)20-6-5-7-21(27)16-20/h3-13,16-17H,2,14-15H2,1H3,(H,28,29). The molecule has 4 nitrogen and oxygen atoms in total. The van der Waals surface area contributed by atoms with E-state index >= 15 is 0 Å². The summed E-state index contributed by atoms with van der Waals surface area (Å²) in [6.07, 6.45) is 0.294. The quantitative estimate of drug-likeness (QED) is 0.373. The molecule has 0 fully saturated rings. The molecule has 4 rings (SSSR count). The maximum Gasteiger partial charge on any atom is 0.307 e. The summed E-state index contributed by atoms with van der Waals surface area (Å²) in [4.78, 5) is 16.5. The number of carbonyl (C=O) groups excluding carboxylic acids is 1. The zero-order valence-corrected chi connectivity index (χ0v) is 17.3. The van der Waals surface area contributed by atoms with Gasteiger partial charge in [-0.05, 0) is 42.3 Å². The summed E-state index contributed by atoms with van der Waals surface area (Å²) in [5.74, 6) is -0.474. The molecule has 0 aliphatic rings. The van der Waals surface area contributed by atoms with Crippen LogP contribution in [0.1, 0.15) is 13.3 Å². The number of aromatic nitrogens is 1. The highest BCUT2D eigenvalue weighted by atomic mass is 19.1. The van der Waals surface area contributed by atoms with Gasteiger partial charge in [-0.3, -0.25) is 4.79 Å². The summed E-state index contributed by atoms with van der Waals surface area (Å²) < 4.78 is 18.5. The molecule has 0 radical (unpaired) electrons. The number of pyridine rings is 1. The maximum absolute atomic E-state index is 13.5. The van der Waals surface area contributed by atoms with E-state index < -0.39 is 0 Å². The van der Waals surface area contributed by atoms with Crippen molar-refractivity contribution in [3.05, 3.63) is 84.7 Å². The summed E-state index contributed by atoms with van der Waals surface area (Å²) in [6, 6.07) is 24.3. The first-order valence-electron chi connectivity index (χ1n) is 10.3. The van der Waals surface area contributed by atoms with E-state index in [4.69, 9.17) is 9.72 Å². The van der Waals surface area contributed by atoms with Gasteiger partial charge in [0.05, 0.1) is 24.2 Å². The third-order valence-corrected chi connectivity index (χ3v) is 5.00. The average Bonchev–Trinajstić information content (AvgIpc) is 2.79. The molecule has 1 N–H and O–H groups in total. The fourth-order valence-corrected chi connectivity index (χ4v) is 3.50. The molecular weight excluding hydrogens is 391 g/mol. The second-order valence-electron chi connectivity index (χ2n) is 7.14. The molecule has 0 atom stereocenters. The Morgan fingerprint density at radius 3 is 2.48 bits per heavy atom. The number of hydrogen-bond acceptors (Lipinski definition) is 4. The number of rotatable bonds is 7. The molecule has 0 aliphatic heterocycles. The van der Waals surface area contributed by atoms with Gasteiger partial charge >= 0.3 is 5.97 Å². The zero-order chi connectivity index (χ0) is 21.6. The van der Waals surface area contributed by atoms with Crippen LogP contribution in [0, 0.1) is 5.82 Å². The van der Waals surface area contributed by atoms with E-state index in [2.05, 4.69) is 5.32 Å². The van der Waals surface area contributed by atoms with E-state index in [9.17, 15) is 9.18 Å². The SMILES string of the molecule is CCOC(=O)CCNc1cc(-c2ccc(-c3cccc(F)c3)cc2)nc2ccccc12. The number of benzene rings is 3. The Bertz CT molecular complexity index is 1210. The Hall–Kier alpha value is -3.73. The minimum absolute atomic E-state index is 0.221. The molecule has 0 spiro atoms. The normalized spacial score (nSPS) is 10.8. The summed E-state index contributed by atoms with van der Waals surface area (Å²) in [6.45, 7) is 2.66. The molecule has 31 heavy (non-hydrogen) atoms. The smallest absolute Gasteiger partial charge is 0.307 e. The predicted molar refractivity (Wildman–Crippen MR) is 122 cm³/mol. The van der Waals surface area contributed by atoms with Gasteiger partial charge in [-0.25, -0.2) is 9.37 Å². The molecule has 0 bridgehead atoms. The highest BCUT2D eigenvalue weighted by Gasteiger charge is 2.09. The van der Waals surface area contributed by atoms with Crippen molar-refractivity contribution in [2.75, 3.05) is 18.5 Å². The van der Waals surface area contributed by atoms with E-state index in [1.54, 1.807) is 13.0 Å². The Labute approximate surface area is 180 Å². The second kappa shape index (κ2) is 9.39. The highest BCUT2D eigenvalue weighted by molar-refractivity contribution is 5.94. The summed E-state index contributed by atoms with van der Waals surface area (Å²) in [7, 11) is 0. The van der Waals surface area contributed by atoms with E-state index in [-0.39, 0.29) is 11.8 Å². The van der Waals surface area contributed by atoms with Gasteiger partial charge in [0.2, 0.25) is 0 Å². The Kier molecular flexibility index (Phi) is 6.22. The number of hydrogen-bond donors (Lipinski definition) is 1. The van der Waals surface area contributed by atoms with Crippen LogP contribution in [0.5, 0.6) is 0 Å². The maximum atomic E-state index is 13.5. The summed E-state index contributed by atoms with van der Waals surface area (Å²) in [5, 5.41) is 4.34. The number of fused-ring (bicyclic) bond motifs is 1. The lowest BCUT2D eigenvalue weighted by atomic mass is 10.0. The van der Waals surface area contributed by atoms with Crippen LogP contribution in [0.3, 0.4) is 0 Å². The first-order valence-corrected chi connectivity index (χ1v) is 10.3. The molecule has 4 aromatic rings. The van der Waals surface area contributed by atoms with Crippen LogP contribution < -0.4 is 5.32 Å². The molecule has 1 heterocycles. The van der Waals surface area contributed by atoms with E-state index in [1.165, 1.54) is 12.1 Å². The van der Waals surface area contributed by atoms with Crippen molar-refractivity contribution < 1.29 is 13.9 Å². The summed E-state index contributed by atoms with van der Waals surface area (Å²) >= 11 is 0. The van der Waals surface area contributed by atoms with Crippen molar-refractivity contribution in [1.29, 1.82) is 0 Å². The van der Waals surface area contributed by atoms with Crippen LogP contribution in [0.15, 0.2) is 78.9 Å². The van der Waals surface area contributed by atoms with E-state index in [0.29, 0.717) is 19.6 Å². The Balaban J connectivity index is 1.62. The lowest BCUT2D eigenvalue weighted by Crippen LogP contribution is -2.11. The van der Waals surface area contributed by atoms with Gasteiger partial charge in [0.1, 0.15) is 5.82 Å². The van der Waals surface area contributed by atoms with Crippen LogP contribution in [-0.4, -0.2) is 24.1 Å². The predicted octanol–water partition coefficient (Wildman–Crippen LogP) is 6.07. The number of nitrogens with one attached hydrogen (secondary N) is 1. The van der Waals surface area contributed by atoms with E-state index in [0.717, 1.165) is 39.0 Å². The monoisotopic (exact) mass is 414 g/mol. The molecule has 5 heteroatoms. The average molecular weight is 414 g/mol. The van der Waals surface area contributed by atoms with Crippen molar-refractivity contribution in [2.45, 2.75) is 13.3 Å². The molecule has 3 aromatic carbocycles. The zero-order valence-electron chi connectivity index (χ0n) is 17.3. The first-order chi connectivity index (χ1) is 15.1. The molecular formula is C26H23FN2O2. The van der Waals surface area contributed by atoms with E-state index in [1.807, 2.05) is 60.7 Å². The Morgan fingerprint density at radius 2 is 1.71 bits per heavy atom. The lowest BCUT2D eigenvalue weighted by Gasteiger charge is -2.12. The van der Waals surface area contributed by atoms with Crippen LogP contribution in [0.2, 0.25) is 0 Å². The third kappa shape index (κ3) is 4.89.